The fourth-order valence-corrected chi connectivity index (χ4v) is 3.83. The van der Waals surface area contributed by atoms with Gasteiger partial charge in [0.25, 0.3) is 5.91 Å². The van der Waals surface area contributed by atoms with E-state index in [-0.39, 0.29) is 5.91 Å². The van der Waals surface area contributed by atoms with Crippen molar-refractivity contribution in [2.45, 2.75) is 6.92 Å². The molecule has 1 fully saturated rings. The van der Waals surface area contributed by atoms with Crippen molar-refractivity contribution in [3.05, 3.63) is 75.9 Å². The van der Waals surface area contributed by atoms with E-state index in [2.05, 4.69) is 9.97 Å². The molecule has 30 heavy (non-hydrogen) atoms. The maximum atomic E-state index is 12.7. The van der Waals surface area contributed by atoms with Crippen molar-refractivity contribution < 1.29 is 9.53 Å². The fourth-order valence-electron chi connectivity index (χ4n) is 3.32. The third-order valence-electron chi connectivity index (χ3n) is 4.79. The molecule has 1 amide bonds. The molecule has 0 unspecified atom stereocenters. The number of hydrogen-bond donors (Lipinski definition) is 0. The summed E-state index contributed by atoms with van der Waals surface area (Å²) < 4.78 is 5.79. The summed E-state index contributed by atoms with van der Waals surface area (Å²) in [6, 6.07) is 14.3. The molecule has 0 spiro atoms. The average molecular weight is 443 g/mol. The van der Waals surface area contributed by atoms with Gasteiger partial charge in [0, 0.05) is 54.1 Å². The summed E-state index contributed by atoms with van der Waals surface area (Å²) in [6.07, 6.45) is 1.65. The van der Waals surface area contributed by atoms with Crippen LogP contribution in [0.25, 0.3) is 0 Å². The first-order valence-electron chi connectivity index (χ1n) is 9.56. The lowest BCUT2D eigenvalue weighted by Gasteiger charge is -2.34. The minimum absolute atomic E-state index is 0.0502. The van der Waals surface area contributed by atoms with Crippen LogP contribution in [-0.2, 0) is 0 Å². The maximum Gasteiger partial charge on any atom is 0.253 e. The predicted octanol–water partition coefficient (Wildman–Crippen LogP) is 4.85. The van der Waals surface area contributed by atoms with E-state index in [0.717, 1.165) is 11.1 Å². The van der Waals surface area contributed by atoms with Crippen LogP contribution in [0.3, 0.4) is 0 Å². The lowest BCUT2D eigenvalue weighted by Crippen LogP contribution is -2.49. The van der Waals surface area contributed by atoms with Gasteiger partial charge in [0.15, 0.2) is 0 Å². The highest BCUT2D eigenvalue weighted by Crippen LogP contribution is 2.28. The van der Waals surface area contributed by atoms with Crippen LogP contribution in [0.15, 0.2) is 54.7 Å². The first-order valence-corrected chi connectivity index (χ1v) is 10.3. The van der Waals surface area contributed by atoms with Gasteiger partial charge in [-0.1, -0.05) is 40.9 Å². The zero-order chi connectivity index (χ0) is 21.1. The first kappa shape index (κ1) is 20.4. The van der Waals surface area contributed by atoms with Crippen molar-refractivity contribution in [3.8, 4) is 11.6 Å². The minimum atomic E-state index is 0.0502. The molecule has 0 aliphatic carbocycles. The van der Waals surface area contributed by atoms with E-state index in [4.69, 9.17) is 27.9 Å². The molecular weight excluding hydrogens is 423 g/mol. The van der Waals surface area contributed by atoms with Gasteiger partial charge in [-0.2, -0.15) is 4.98 Å². The van der Waals surface area contributed by atoms with Crippen molar-refractivity contribution >= 4 is 35.1 Å². The smallest absolute Gasteiger partial charge is 0.253 e. The molecule has 0 saturated carbocycles. The van der Waals surface area contributed by atoms with E-state index in [1.807, 2.05) is 41.0 Å². The van der Waals surface area contributed by atoms with Crippen molar-refractivity contribution in [1.82, 2.24) is 14.9 Å². The predicted molar refractivity (Wildman–Crippen MR) is 118 cm³/mol. The molecule has 6 nitrogen and oxygen atoms in total. The van der Waals surface area contributed by atoms with E-state index >= 15 is 0 Å². The van der Waals surface area contributed by atoms with Crippen molar-refractivity contribution in [1.29, 1.82) is 0 Å². The monoisotopic (exact) mass is 442 g/mol. The second kappa shape index (κ2) is 8.90. The molecule has 4 rings (SSSR count). The number of benzene rings is 2. The number of nitrogens with zero attached hydrogens (tertiary/aromatic N) is 4. The first-order chi connectivity index (χ1) is 14.5. The number of aromatic nitrogens is 2. The highest BCUT2D eigenvalue weighted by molar-refractivity contribution is 6.34. The SMILES string of the molecule is Cc1cccc(C(=O)N2CCN(c3nccc(Oc4cc(Cl)cc(Cl)c4)n3)CC2)c1. The van der Waals surface area contributed by atoms with Gasteiger partial charge in [0.2, 0.25) is 11.8 Å². The largest absolute Gasteiger partial charge is 0.439 e. The third-order valence-corrected chi connectivity index (χ3v) is 5.23. The van der Waals surface area contributed by atoms with Crippen molar-refractivity contribution in [3.63, 3.8) is 0 Å². The number of hydrogen-bond acceptors (Lipinski definition) is 5. The van der Waals surface area contributed by atoms with Gasteiger partial charge in [0.05, 0.1) is 0 Å². The Labute approximate surface area is 185 Å². The molecular formula is C22H20Cl2N4O2. The van der Waals surface area contributed by atoms with Gasteiger partial charge in [-0.15, -0.1) is 0 Å². The standard InChI is InChI=1S/C22H20Cl2N4O2/c1-15-3-2-4-16(11-15)21(29)27-7-9-28(10-8-27)22-25-6-5-20(26-22)30-19-13-17(23)12-18(24)14-19/h2-6,11-14H,7-10H2,1H3. The number of rotatable bonds is 4. The lowest BCUT2D eigenvalue weighted by atomic mass is 10.1. The van der Waals surface area contributed by atoms with E-state index in [0.29, 0.717) is 53.8 Å². The molecule has 3 aromatic rings. The summed E-state index contributed by atoms with van der Waals surface area (Å²) in [6.45, 7) is 4.47. The van der Waals surface area contributed by atoms with E-state index in [9.17, 15) is 4.79 Å². The Morgan fingerprint density at radius 2 is 1.73 bits per heavy atom. The third kappa shape index (κ3) is 4.83. The summed E-state index contributed by atoms with van der Waals surface area (Å²) in [4.78, 5) is 25.5. The summed E-state index contributed by atoms with van der Waals surface area (Å²) in [5.41, 5.74) is 1.79. The Morgan fingerprint density at radius 3 is 2.43 bits per heavy atom. The molecule has 2 heterocycles. The van der Waals surface area contributed by atoms with Crippen LogP contribution in [0.2, 0.25) is 10.0 Å². The van der Waals surface area contributed by atoms with E-state index in [1.54, 1.807) is 30.5 Å². The number of amides is 1. The Bertz CT molecular complexity index is 1050. The zero-order valence-electron chi connectivity index (χ0n) is 16.4. The Balaban J connectivity index is 1.41. The number of aryl methyl sites for hydroxylation is 1. The van der Waals surface area contributed by atoms with E-state index < -0.39 is 0 Å². The second-order valence-electron chi connectivity index (χ2n) is 7.05. The number of halogens is 2. The topological polar surface area (TPSA) is 58.6 Å². The minimum Gasteiger partial charge on any atom is -0.439 e. The summed E-state index contributed by atoms with van der Waals surface area (Å²) in [5, 5.41) is 0.974. The molecule has 1 aromatic heterocycles. The van der Waals surface area contributed by atoms with Gasteiger partial charge >= 0.3 is 0 Å². The molecule has 2 aromatic carbocycles. The van der Waals surface area contributed by atoms with Crippen LogP contribution >= 0.6 is 23.2 Å². The van der Waals surface area contributed by atoms with Crippen LogP contribution in [-0.4, -0.2) is 47.0 Å². The highest BCUT2D eigenvalue weighted by Gasteiger charge is 2.23. The summed E-state index contributed by atoms with van der Waals surface area (Å²) >= 11 is 12.0. The fraction of sp³-hybridized carbons (Fsp3) is 0.227. The van der Waals surface area contributed by atoms with Gasteiger partial charge in [-0.05, 0) is 37.3 Å². The normalized spacial score (nSPS) is 14.0. The van der Waals surface area contributed by atoms with Crippen molar-refractivity contribution in [2.75, 3.05) is 31.1 Å². The Morgan fingerprint density at radius 1 is 1.00 bits per heavy atom. The maximum absolute atomic E-state index is 12.7. The molecule has 0 radical (unpaired) electrons. The number of ether oxygens (including phenoxy) is 1. The summed E-state index contributed by atoms with van der Waals surface area (Å²) in [5.74, 6) is 1.51. The van der Waals surface area contributed by atoms with Crippen LogP contribution in [0.4, 0.5) is 5.95 Å². The number of carbonyl (C=O) groups is 1. The molecule has 0 atom stereocenters. The summed E-state index contributed by atoms with van der Waals surface area (Å²) in [7, 11) is 0. The second-order valence-corrected chi connectivity index (χ2v) is 7.92. The van der Waals surface area contributed by atoms with Crippen LogP contribution in [0, 0.1) is 6.92 Å². The average Bonchev–Trinajstić information content (AvgIpc) is 2.73. The van der Waals surface area contributed by atoms with Crippen molar-refractivity contribution in [2.24, 2.45) is 0 Å². The molecule has 1 saturated heterocycles. The molecule has 1 aliphatic rings. The van der Waals surface area contributed by atoms with Crippen LogP contribution in [0.1, 0.15) is 15.9 Å². The molecule has 0 bridgehead atoms. The molecule has 0 N–H and O–H groups in total. The van der Waals surface area contributed by atoms with Gasteiger partial charge in [0.1, 0.15) is 5.75 Å². The molecule has 8 heteroatoms. The Hall–Kier alpha value is -2.83. The Kier molecular flexibility index (Phi) is 6.06. The number of carbonyl (C=O) groups excluding carboxylic acids is 1. The van der Waals surface area contributed by atoms with E-state index in [1.165, 1.54) is 0 Å². The van der Waals surface area contributed by atoms with Gasteiger partial charge in [-0.3, -0.25) is 4.79 Å². The quantitative estimate of drug-likeness (QED) is 0.577. The van der Waals surface area contributed by atoms with Crippen LogP contribution < -0.4 is 9.64 Å². The molecule has 1 aliphatic heterocycles. The molecule has 154 valence electrons. The van der Waals surface area contributed by atoms with Gasteiger partial charge < -0.3 is 14.5 Å². The number of piperazine rings is 1. The van der Waals surface area contributed by atoms with Gasteiger partial charge in [-0.25, -0.2) is 4.98 Å². The highest BCUT2D eigenvalue weighted by atomic mass is 35.5. The zero-order valence-corrected chi connectivity index (χ0v) is 17.9. The number of anilines is 1. The lowest BCUT2D eigenvalue weighted by molar-refractivity contribution is 0.0746. The van der Waals surface area contributed by atoms with Crippen LogP contribution in [0.5, 0.6) is 11.6 Å².